The van der Waals surface area contributed by atoms with Gasteiger partial charge in [0.2, 0.25) is 5.91 Å². The summed E-state index contributed by atoms with van der Waals surface area (Å²) in [5.74, 6) is 0.139. The van der Waals surface area contributed by atoms with Crippen molar-refractivity contribution in [2.24, 2.45) is 5.41 Å². The van der Waals surface area contributed by atoms with Gasteiger partial charge in [-0.2, -0.15) is 0 Å². The summed E-state index contributed by atoms with van der Waals surface area (Å²) < 4.78 is 0. The molecule has 1 N–H and O–H groups in total. The average molecular weight is 231 g/mol. The minimum absolute atomic E-state index is 0.0146. The summed E-state index contributed by atoms with van der Waals surface area (Å²) in [7, 11) is 0. The molecule has 0 aromatic heterocycles. The molecule has 17 heavy (non-hydrogen) atoms. The Bertz CT molecular complexity index is 420. The number of amides is 1. The van der Waals surface area contributed by atoms with Gasteiger partial charge in [0, 0.05) is 5.54 Å². The molecule has 1 aliphatic heterocycles. The van der Waals surface area contributed by atoms with E-state index in [1.165, 1.54) is 0 Å². The Balaban J connectivity index is 2.31. The van der Waals surface area contributed by atoms with Crippen molar-refractivity contribution >= 4 is 5.91 Å². The van der Waals surface area contributed by atoms with Gasteiger partial charge in [0.05, 0.1) is 5.92 Å². The van der Waals surface area contributed by atoms with E-state index in [9.17, 15) is 4.79 Å². The van der Waals surface area contributed by atoms with Gasteiger partial charge in [0.15, 0.2) is 0 Å². The van der Waals surface area contributed by atoms with Gasteiger partial charge < -0.3 is 5.32 Å². The highest BCUT2D eigenvalue weighted by Crippen LogP contribution is 2.43. The van der Waals surface area contributed by atoms with Crippen LogP contribution in [0.2, 0.25) is 0 Å². The smallest absolute Gasteiger partial charge is 0.227 e. The first-order valence-corrected chi connectivity index (χ1v) is 6.20. The lowest BCUT2D eigenvalue weighted by molar-refractivity contribution is -0.130. The molecule has 1 aromatic rings. The summed E-state index contributed by atoms with van der Waals surface area (Å²) in [5, 5.41) is 3.16. The third-order valence-corrected chi connectivity index (χ3v) is 4.36. The maximum atomic E-state index is 12.2. The van der Waals surface area contributed by atoms with E-state index in [1.807, 2.05) is 30.3 Å². The SMILES string of the molecule is CC1(C)CC(c2ccccc2)C(=O)NC1(C)C. The van der Waals surface area contributed by atoms with Crippen LogP contribution in [0, 0.1) is 5.41 Å². The van der Waals surface area contributed by atoms with Gasteiger partial charge in [-0.15, -0.1) is 0 Å². The fourth-order valence-corrected chi connectivity index (χ4v) is 2.38. The maximum absolute atomic E-state index is 12.2. The van der Waals surface area contributed by atoms with Gasteiger partial charge in [0.25, 0.3) is 0 Å². The zero-order chi connectivity index (χ0) is 12.7. The highest BCUT2D eigenvalue weighted by molar-refractivity contribution is 5.85. The van der Waals surface area contributed by atoms with E-state index < -0.39 is 0 Å². The Labute approximate surface area is 103 Å². The Kier molecular flexibility index (Phi) is 2.76. The molecular weight excluding hydrogens is 210 g/mol. The molecule has 92 valence electrons. The third kappa shape index (κ3) is 2.08. The molecule has 0 aliphatic carbocycles. The van der Waals surface area contributed by atoms with Gasteiger partial charge in [-0.05, 0) is 31.2 Å². The molecule has 1 unspecified atom stereocenters. The summed E-state index contributed by atoms with van der Waals surface area (Å²) in [6.45, 7) is 8.66. The van der Waals surface area contributed by atoms with Crippen LogP contribution < -0.4 is 5.32 Å². The highest BCUT2D eigenvalue weighted by atomic mass is 16.2. The van der Waals surface area contributed by atoms with Crippen molar-refractivity contribution in [1.29, 1.82) is 0 Å². The Morgan fingerprint density at radius 3 is 2.29 bits per heavy atom. The lowest BCUT2D eigenvalue weighted by Crippen LogP contribution is -2.59. The summed E-state index contributed by atoms with van der Waals surface area (Å²) in [5.41, 5.74) is 1.07. The second-order valence-corrected chi connectivity index (χ2v) is 6.17. The van der Waals surface area contributed by atoms with Gasteiger partial charge in [-0.3, -0.25) is 4.79 Å². The molecule has 1 aliphatic rings. The normalized spacial score (nSPS) is 26.4. The summed E-state index contributed by atoms with van der Waals surface area (Å²) >= 11 is 0. The monoisotopic (exact) mass is 231 g/mol. The van der Waals surface area contributed by atoms with Crippen LogP contribution >= 0.6 is 0 Å². The number of hydrogen-bond acceptors (Lipinski definition) is 1. The average Bonchev–Trinajstić information content (AvgIpc) is 2.24. The molecule has 2 heteroatoms. The zero-order valence-corrected chi connectivity index (χ0v) is 11.1. The first kappa shape index (κ1) is 12.2. The van der Waals surface area contributed by atoms with Crippen LogP contribution in [0.5, 0.6) is 0 Å². The molecular formula is C15H21NO. The van der Waals surface area contributed by atoms with Crippen LogP contribution in [0.1, 0.15) is 45.6 Å². The predicted octanol–water partition coefficient (Wildman–Crippen LogP) is 3.09. The van der Waals surface area contributed by atoms with Crippen LogP contribution in [0.3, 0.4) is 0 Å². The van der Waals surface area contributed by atoms with Crippen LogP contribution in [0.15, 0.2) is 30.3 Å². The van der Waals surface area contributed by atoms with Crippen molar-refractivity contribution < 1.29 is 4.79 Å². The lowest BCUT2D eigenvalue weighted by Gasteiger charge is -2.48. The van der Waals surface area contributed by atoms with Crippen molar-refractivity contribution in [2.75, 3.05) is 0 Å². The van der Waals surface area contributed by atoms with Crippen LogP contribution in [-0.2, 0) is 4.79 Å². The van der Waals surface area contributed by atoms with Crippen LogP contribution in [0.25, 0.3) is 0 Å². The van der Waals surface area contributed by atoms with E-state index in [2.05, 4.69) is 33.0 Å². The molecule has 1 atom stereocenters. The molecule has 1 fully saturated rings. The number of hydrogen-bond donors (Lipinski definition) is 1. The van der Waals surface area contributed by atoms with Gasteiger partial charge >= 0.3 is 0 Å². The second kappa shape index (κ2) is 3.86. The largest absolute Gasteiger partial charge is 0.350 e. The first-order chi connectivity index (χ1) is 7.83. The van der Waals surface area contributed by atoms with Gasteiger partial charge in [0.1, 0.15) is 0 Å². The quantitative estimate of drug-likeness (QED) is 0.790. The van der Waals surface area contributed by atoms with Crippen molar-refractivity contribution in [1.82, 2.24) is 5.32 Å². The Morgan fingerprint density at radius 2 is 1.71 bits per heavy atom. The van der Waals surface area contributed by atoms with E-state index in [-0.39, 0.29) is 22.8 Å². The highest BCUT2D eigenvalue weighted by Gasteiger charge is 2.46. The lowest BCUT2D eigenvalue weighted by atomic mass is 9.65. The minimum atomic E-state index is -0.143. The number of carbonyl (C=O) groups is 1. The van der Waals surface area contributed by atoms with E-state index in [4.69, 9.17) is 0 Å². The molecule has 1 amide bonds. The first-order valence-electron chi connectivity index (χ1n) is 6.20. The zero-order valence-electron chi connectivity index (χ0n) is 11.1. The van der Waals surface area contributed by atoms with E-state index in [0.717, 1.165) is 12.0 Å². The molecule has 1 saturated heterocycles. The number of piperidine rings is 1. The van der Waals surface area contributed by atoms with Crippen molar-refractivity contribution in [3.8, 4) is 0 Å². The van der Waals surface area contributed by atoms with Gasteiger partial charge in [-0.1, -0.05) is 44.2 Å². The van der Waals surface area contributed by atoms with Gasteiger partial charge in [-0.25, -0.2) is 0 Å². The van der Waals surface area contributed by atoms with E-state index in [0.29, 0.717) is 0 Å². The van der Waals surface area contributed by atoms with Crippen LogP contribution in [0.4, 0.5) is 0 Å². The number of rotatable bonds is 1. The number of carbonyl (C=O) groups excluding carboxylic acids is 1. The molecule has 1 aromatic carbocycles. The van der Waals surface area contributed by atoms with E-state index in [1.54, 1.807) is 0 Å². The standard InChI is InChI=1S/C15H21NO/c1-14(2)10-12(11-8-6-5-7-9-11)13(17)16-15(14,3)4/h5-9,12H,10H2,1-4H3,(H,16,17). The predicted molar refractivity (Wildman–Crippen MR) is 69.8 cm³/mol. The molecule has 0 radical (unpaired) electrons. The summed E-state index contributed by atoms with van der Waals surface area (Å²) in [6.07, 6.45) is 0.899. The number of nitrogens with one attached hydrogen (secondary N) is 1. The third-order valence-electron chi connectivity index (χ3n) is 4.36. The molecule has 1 heterocycles. The van der Waals surface area contributed by atoms with E-state index >= 15 is 0 Å². The Morgan fingerprint density at radius 1 is 1.12 bits per heavy atom. The molecule has 0 saturated carbocycles. The van der Waals surface area contributed by atoms with Crippen molar-refractivity contribution in [3.63, 3.8) is 0 Å². The molecule has 0 bridgehead atoms. The number of benzene rings is 1. The topological polar surface area (TPSA) is 29.1 Å². The second-order valence-electron chi connectivity index (χ2n) is 6.17. The summed E-state index contributed by atoms with van der Waals surface area (Å²) in [6, 6.07) is 10.1. The summed E-state index contributed by atoms with van der Waals surface area (Å²) in [4.78, 5) is 12.2. The fraction of sp³-hybridized carbons (Fsp3) is 0.533. The maximum Gasteiger partial charge on any atom is 0.227 e. The van der Waals surface area contributed by atoms with Crippen molar-refractivity contribution in [2.45, 2.75) is 45.6 Å². The molecule has 0 spiro atoms. The minimum Gasteiger partial charge on any atom is -0.350 e. The van der Waals surface area contributed by atoms with Crippen LogP contribution in [-0.4, -0.2) is 11.4 Å². The van der Waals surface area contributed by atoms with Crippen molar-refractivity contribution in [3.05, 3.63) is 35.9 Å². The Hall–Kier alpha value is -1.31. The molecule has 2 nitrogen and oxygen atoms in total. The fourth-order valence-electron chi connectivity index (χ4n) is 2.38. The molecule has 2 rings (SSSR count).